The van der Waals surface area contributed by atoms with Crippen LogP contribution in [0.1, 0.15) is 10.4 Å². The van der Waals surface area contributed by atoms with Gasteiger partial charge in [-0.2, -0.15) is 0 Å². The van der Waals surface area contributed by atoms with Gasteiger partial charge in [0.05, 0.1) is 10.7 Å². The summed E-state index contributed by atoms with van der Waals surface area (Å²) < 4.78 is 0. The normalized spacial score (nSPS) is 10.2. The fourth-order valence-electron chi connectivity index (χ4n) is 1.50. The summed E-state index contributed by atoms with van der Waals surface area (Å²) in [7, 11) is 0. The summed E-state index contributed by atoms with van der Waals surface area (Å²) in [6.07, 6.45) is 0. The molecule has 0 atom stereocenters. The van der Waals surface area contributed by atoms with Gasteiger partial charge in [0.1, 0.15) is 5.75 Å². The summed E-state index contributed by atoms with van der Waals surface area (Å²) >= 11 is 11.5. The number of rotatable bonds is 2. The first-order valence-electron chi connectivity index (χ1n) is 5.26. The van der Waals surface area contributed by atoms with Crippen LogP contribution in [0.25, 0.3) is 0 Å². The average Bonchev–Trinajstić information content (AvgIpc) is 2.35. The van der Waals surface area contributed by atoms with Crippen molar-refractivity contribution in [1.82, 2.24) is 0 Å². The van der Waals surface area contributed by atoms with Gasteiger partial charge in [-0.05, 0) is 30.3 Å². The van der Waals surface area contributed by atoms with Crippen molar-refractivity contribution in [3.8, 4) is 11.5 Å². The molecule has 0 bridgehead atoms. The van der Waals surface area contributed by atoms with Crippen LogP contribution in [-0.2, 0) is 0 Å². The molecule has 0 aliphatic carbocycles. The van der Waals surface area contributed by atoms with E-state index in [1.54, 1.807) is 0 Å². The van der Waals surface area contributed by atoms with E-state index < -0.39 is 5.91 Å². The predicted octanol–water partition coefficient (Wildman–Crippen LogP) is 3.66. The lowest BCUT2D eigenvalue weighted by Gasteiger charge is -2.09. The highest BCUT2D eigenvalue weighted by Gasteiger charge is 2.12. The number of aromatic hydroxyl groups is 2. The fraction of sp³-hybridized carbons (Fsp3) is 0. The van der Waals surface area contributed by atoms with Gasteiger partial charge in [-0.1, -0.05) is 29.3 Å². The lowest BCUT2D eigenvalue weighted by molar-refractivity contribution is 0.102. The first-order valence-corrected chi connectivity index (χ1v) is 6.01. The highest BCUT2D eigenvalue weighted by Crippen LogP contribution is 2.35. The van der Waals surface area contributed by atoms with E-state index >= 15 is 0 Å². The first-order chi connectivity index (χ1) is 8.97. The van der Waals surface area contributed by atoms with Gasteiger partial charge < -0.3 is 15.5 Å². The molecule has 0 saturated carbocycles. The molecular formula is C13H9Cl2NO3. The molecule has 19 heavy (non-hydrogen) atoms. The summed E-state index contributed by atoms with van der Waals surface area (Å²) in [5, 5.41) is 21.8. The molecule has 6 heteroatoms. The highest BCUT2D eigenvalue weighted by molar-refractivity contribution is 6.36. The summed E-state index contributed by atoms with van der Waals surface area (Å²) in [6, 6.07) is 8.56. The van der Waals surface area contributed by atoms with Crippen LogP contribution in [0.15, 0.2) is 36.4 Å². The van der Waals surface area contributed by atoms with E-state index in [0.717, 1.165) is 0 Å². The van der Waals surface area contributed by atoms with Gasteiger partial charge in [0.2, 0.25) is 0 Å². The van der Waals surface area contributed by atoms with Gasteiger partial charge in [-0.3, -0.25) is 4.79 Å². The fourth-order valence-corrected chi connectivity index (χ4v) is 2.00. The number of benzene rings is 2. The van der Waals surface area contributed by atoms with Crippen LogP contribution in [0.2, 0.25) is 10.0 Å². The minimum atomic E-state index is -0.496. The van der Waals surface area contributed by atoms with Crippen molar-refractivity contribution in [1.29, 1.82) is 0 Å². The number of anilines is 1. The molecule has 0 heterocycles. The number of hydrogen-bond acceptors (Lipinski definition) is 3. The third-order valence-corrected chi connectivity index (χ3v) is 2.89. The van der Waals surface area contributed by atoms with Crippen LogP contribution >= 0.6 is 23.2 Å². The Kier molecular flexibility index (Phi) is 3.83. The first kappa shape index (κ1) is 13.5. The SMILES string of the molecule is O=C(Nc1cc(Cl)cc(Cl)c1O)c1cccc(O)c1. The summed E-state index contributed by atoms with van der Waals surface area (Å²) in [4.78, 5) is 11.9. The zero-order valence-corrected chi connectivity index (χ0v) is 11.0. The van der Waals surface area contributed by atoms with E-state index in [2.05, 4.69) is 5.32 Å². The van der Waals surface area contributed by atoms with Crippen LogP contribution in [0.5, 0.6) is 11.5 Å². The number of carbonyl (C=O) groups is 1. The van der Waals surface area contributed by atoms with Gasteiger partial charge >= 0.3 is 0 Å². The highest BCUT2D eigenvalue weighted by atomic mass is 35.5. The van der Waals surface area contributed by atoms with E-state index in [-0.39, 0.29) is 32.8 Å². The topological polar surface area (TPSA) is 69.6 Å². The predicted molar refractivity (Wildman–Crippen MR) is 74.2 cm³/mol. The summed E-state index contributed by atoms with van der Waals surface area (Å²) in [5.41, 5.74) is 0.348. The second kappa shape index (κ2) is 5.38. The quantitative estimate of drug-likeness (QED) is 0.741. The van der Waals surface area contributed by atoms with Gasteiger partial charge in [0, 0.05) is 10.6 Å². The van der Waals surface area contributed by atoms with Crippen molar-refractivity contribution in [2.45, 2.75) is 0 Å². The molecular weight excluding hydrogens is 289 g/mol. The molecule has 3 N–H and O–H groups in total. The zero-order valence-electron chi connectivity index (χ0n) is 9.52. The van der Waals surface area contributed by atoms with Crippen molar-refractivity contribution in [3.63, 3.8) is 0 Å². The van der Waals surface area contributed by atoms with E-state index in [9.17, 15) is 15.0 Å². The Morgan fingerprint density at radius 1 is 1.11 bits per heavy atom. The zero-order chi connectivity index (χ0) is 14.0. The second-order valence-electron chi connectivity index (χ2n) is 3.79. The third kappa shape index (κ3) is 3.10. The molecule has 0 spiro atoms. The lowest BCUT2D eigenvalue weighted by Crippen LogP contribution is -2.11. The van der Waals surface area contributed by atoms with Gasteiger partial charge in [0.25, 0.3) is 5.91 Å². The Bertz CT molecular complexity index is 644. The van der Waals surface area contributed by atoms with Gasteiger partial charge in [0.15, 0.2) is 5.75 Å². The largest absolute Gasteiger partial charge is 0.508 e. The molecule has 0 aliphatic rings. The van der Waals surface area contributed by atoms with Crippen molar-refractivity contribution >= 4 is 34.8 Å². The van der Waals surface area contributed by atoms with Crippen molar-refractivity contribution in [2.75, 3.05) is 5.32 Å². The van der Waals surface area contributed by atoms with E-state index in [0.29, 0.717) is 0 Å². The molecule has 2 aromatic rings. The Balaban J connectivity index is 2.29. The smallest absolute Gasteiger partial charge is 0.255 e. The molecule has 2 rings (SSSR count). The molecule has 0 unspecified atom stereocenters. The number of nitrogens with one attached hydrogen (secondary N) is 1. The molecule has 0 fully saturated rings. The Hall–Kier alpha value is -1.91. The molecule has 0 aliphatic heterocycles. The average molecular weight is 298 g/mol. The second-order valence-corrected chi connectivity index (χ2v) is 4.63. The minimum Gasteiger partial charge on any atom is -0.508 e. The van der Waals surface area contributed by atoms with Gasteiger partial charge in [-0.25, -0.2) is 0 Å². The number of phenols is 2. The van der Waals surface area contributed by atoms with Crippen molar-refractivity contribution in [2.24, 2.45) is 0 Å². The number of hydrogen-bond donors (Lipinski definition) is 3. The molecule has 0 radical (unpaired) electrons. The number of amides is 1. The van der Waals surface area contributed by atoms with Crippen molar-refractivity contribution < 1.29 is 15.0 Å². The Labute approximate surface area is 119 Å². The number of halogens is 2. The van der Waals surface area contributed by atoms with Crippen LogP contribution in [0, 0.1) is 0 Å². The summed E-state index contributed by atoms with van der Waals surface area (Å²) in [6.45, 7) is 0. The van der Waals surface area contributed by atoms with Gasteiger partial charge in [-0.15, -0.1) is 0 Å². The molecule has 98 valence electrons. The Morgan fingerprint density at radius 3 is 2.53 bits per heavy atom. The minimum absolute atomic E-state index is 0.0269. The number of carbonyl (C=O) groups excluding carboxylic acids is 1. The standard InChI is InChI=1S/C13H9Cl2NO3/c14-8-5-10(15)12(18)11(6-8)16-13(19)7-2-1-3-9(17)4-7/h1-6,17-18H,(H,16,19). The van der Waals surface area contributed by atoms with Crippen LogP contribution < -0.4 is 5.32 Å². The Morgan fingerprint density at radius 2 is 1.84 bits per heavy atom. The summed E-state index contributed by atoms with van der Waals surface area (Å²) in [5.74, 6) is -0.787. The molecule has 0 saturated heterocycles. The maximum Gasteiger partial charge on any atom is 0.255 e. The van der Waals surface area contributed by atoms with E-state index in [1.807, 2.05) is 0 Å². The van der Waals surface area contributed by atoms with E-state index in [1.165, 1.54) is 36.4 Å². The molecule has 4 nitrogen and oxygen atoms in total. The third-order valence-electron chi connectivity index (χ3n) is 2.38. The maximum absolute atomic E-state index is 11.9. The molecule has 0 aromatic heterocycles. The van der Waals surface area contributed by atoms with E-state index in [4.69, 9.17) is 23.2 Å². The van der Waals surface area contributed by atoms with Crippen molar-refractivity contribution in [3.05, 3.63) is 52.0 Å². The monoisotopic (exact) mass is 297 g/mol. The molecule has 2 aromatic carbocycles. The maximum atomic E-state index is 11.9. The molecule has 1 amide bonds. The number of phenolic OH excluding ortho intramolecular Hbond substituents is 2. The van der Waals surface area contributed by atoms with Crippen LogP contribution in [0.4, 0.5) is 5.69 Å². The van der Waals surface area contributed by atoms with Crippen LogP contribution in [-0.4, -0.2) is 16.1 Å². The lowest BCUT2D eigenvalue weighted by atomic mass is 10.2. The van der Waals surface area contributed by atoms with Crippen LogP contribution in [0.3, 0.4) is 0 Å².